The van der Waals surface area contributed by atoms with Crippen molar-refractivity contribution in [3.63, 3.8) is 0 Å². The number of benzene rings is 2. The second-order valence-corrected chi connectivity index (χ2v) is 4.93. The summed E-state index contributed by atoms with van der Waals surface area (Å²) in [6.45, 7) is 0. The van der Waals surface area contributed by atoms with Crippen LogP contribution in [-0.2, 0) is 4.79 Å². The second kappa shape index (κ2) is 6.86. The number of hydrogen-bond donors (Lipinski definition) is 1. The number of amides is 1. The molecule has 0 saturated heterocycles. The van der Waals surface area contributed by atoms with Crippen molar-refractivity contribution < 1.29 is 13.6 Å². The van der Waals surface area contributed by atoms with Crippen molar-refractivity contribution in [2.24, 2.45) is 0 Å². The molecule has 5 heteroatoms. The molecule has 0 radical (unpaired) electrons. The number of hydrogen-bond acceptors (Lipinski definition) is 2. The van der Waals surface area contributed by atoms with E-state index in [1.165, 1.54) is 24.3 Å². The second-order valence-electron chi connectivity index (χ2n) is 3.86. The van der Waals surface area contributed by atoms with E-state index in [-0.39, 0.29) is 5.82 Å². The first-order valence-electron chi connectivity index (χ1n) is 5.80. The molecule has 2 nitrogen and oxygen atoms in total. The van der Waals surface area contributed by atoms with Crippen LogP contribution in [0, 0.1) is 5.82 Å². The van der Waals surface area contributed by atoms with Crippen LogP contribution in [0.1, 0.15) is 0 Å². The van der Waals surface area contributed by atoms with Gasteiger partial charge >= 0.3 is 0 Å². The van der Waals surface area contributed by atoms with E-state index < -0.39 is 11.1 Å². The van der Waals surface area contributed by atoms with Crippen LogP contribution in [0.5, 0.6) is 0 Å². The number of carbonyl (C=O) groups excluding carboxylic acids is 1. The van der Waals surface area contributed by atoms with Crippen LogP contribution in [0.15, 0.2) is 70.7 Å². The van der Waals surface area contributed by atoms with Crippen LogP contribution < -0.4 is 5.32 Å². The summed E-state index contributed by atoms with van der Waals surface area (Å²) in [5.41, 5.74) is 0.591. The van der Waals surface area contributed by atoms with Crippen molar-refractivity contribution in [3.05, 3.63) is 71.6 Å². The van der Waals surface area contributed by atoms with Crippen LogP contribution in [0.2, 0.25) is 0 Å². The average Bonchev–Trinajstić information content (AvgIpc) is 2.42. The summed E-state index contributed by atoms with van der Waals surface area (Å²) in [5.74, 6) is -0.941. The normalized spacial score (nSPS) is 11.2. The molecule has 0 aliphatic rings. The fourth-order valence-electron chi connectivity index (χ4n) is 1.45. The Labute approximate surface area is 119 Å². The van der Waals surface area contributed by atoms with Gasteiger partial charge < -0.3 is 5.32 Å². The van der Waals surface area contributed by atoms with Gasteiger partial charge in [-0.15, -0.1) is 0 Å². The Morgan fingerprint density at radius 2 is 1.70 bits per heavy atom. The molecule has 0 heterocycles. The maximum Gasteiger partial charge on any atom is 0.251 e. The van der Waals surface area contributed by atoms with E-state index in [1.54, 1.807) is 24.3 Å². The van der Waals surface area contributed by atoms with Gasteiger partial charge in [-0.1, -0.05) is 30.0 Å². The van der Waals surface area contributed by atoms with Gasteiger partial charge in [0, 0.05) is 16.7 Å². The third-order valence-corrected chi connectivity index (χ3v) is 3.14. The fourth-order valence-corrected chi connectivity index (χ4v) is 2.11. The van der Waals surface area contributed by atoms with E-state index in [0.717, 1.165) is 17.8 Å². The highest BCUT2D eigenvalue weighted by molar-refractivity contribution is 8.02. The van der Waals surface area contributed by atoms with Crippen molar-refractivity contribution >= 4 is 23.4 Å². The van der Waals surface area contributed by atoms with Gasteiger partial charge in [0.05, 0.1) is 0 Å². The van der Waals surface area contributed by atoms with Gasteiger partial charge in [-0.25, -0.2) is 4.39 Å². The standard InChI is InChI=1S/C15H11F2NOS/c16-11-6-8-13(9-7-11)20-14(17)10-15(19)18-12-4-2-1-3-5-12/h1-10H,(H,18,19). The minimum atomic E-state index is -0.662. The number of halogens is 2. The Balaban J connectivity index is 1.96. The zero-order valence-electron chi connectivity index (χ0n) is 10.3. The molecule has 0 unspecified atom stereocenters. The van der Waals surface area contributed by atoms with Gasteiger partial charge in [0.1, 0.15) is 5.82 Å². The fraction of sp³-hybridized carbons (Fsp3) is 0. The minimum Gasteiger partial charge on any atom is -0.322 e. The molecule has 0 aliphatic heterocycles. The minimum absolute atomic E-state index is 0.388. The zero-order valence-corrected chi connectivity index (χ0v) is 11.2. The molecule has 0 bridgehead atoms. The highest BCUT2D eigenvalue weighted by Crippen LogP contribution is 2.27. The summed E-state index contributed by atoms with van der Waals surface area (Å²) in [5, 5.41) is 1.88. The first-order chi connectivity index (χ1) is 9.63. The maximum absolute atomic E-state index is 13.6. The third-order valence-electron chi connectivity index (χ3n) is 2.31. The Kier molecular flexibility index (Phi) is 4.90. The number of rotatable bonds is 4. The van der Waals surface area contributed by atoms with Crippen molar-refractivity contribution in [2.75, 3.05) is 5.32 Å². The van der Waals surface area contributed by atoms with E-state index in [9.17, 15) is 13.6 Å². The summed E-state index contributed by atoms with van der Waals surface area (Å²) in [6.07, 6.45) is 0.862. The van der Waals surface area contributed by atoms with Gasteiger partial charge in [0.2, 0.25) is 0 Å². The average molecular weight is 291 g/mol. The van der Waals surface area contributed by atoms with Crippen LogP contribution >= 0.6 is 11.8 Å². The molecule has 0 fully saturated rings. The van der Waals surface area contributed by atoms with Crippen LogP contribution in [0.25, 0.3) is 0 Å². The molecule has 0 spiro atoms. The Bertz CT molecular complexity index is 612. The zero-order chi connectivity index (χ0) is 14.4. The number of carbonyl (C=O) groups is 1. The first kappa shape index (κ1) is 14.3. The number of nitrogens with one attached hydrogen (secondary N) is 1. The molecule has 1 N–H and O–H groups in total. The number of anilines is 1. The van der Waals surface area contributed by atoms with Crippen molar-refractivity contribution in [1.82, 2.24) is 0 Å². The van der Waals surface area contributed by atoms with E-state index in [2.05, 4.69) is 5.32 Å². The monoisotopic (exact) mass is 291 g/mol. The lowest BCUT2D eigenvalue weighted by atomic mass is 10.3. The highest BCUT2D eigenvalue weighted by Gasteiger charge is 2.04. The lowest BCUT2D eigenvalue weighted by molar-refractivity contribution is -0.112. The molecule has 0 atom stereocenters. The summed E-state index contributed by atoms with van der Waals surface area (Å²) >= 11 is 0.758. The smallest absolute Gasteiger partial charge is 0.251 e. The maximum atomic E-state index is 13.6. The van der Waals surface area contributed by atoms with Crippen LogP contribution in [-0.4, -0.2) is 5.91 Å². The summed E-state index contributed by atoms with van der Waals surface area (Å²) < 4.78 is 26.3. The molecule has 1 amide bonds. The number of thioether (sulfide) groups is 1. The molecule has 0 saturated carbocycles. The molecule has 2 rings (SSSR count). The van der Waals surface area contributed by atoms with Crippen molar-refractivity contribution in [3.8, 4) is 0 Å². The SMILES string of the molecule is O=C(C=C(F)Sc1ccc(F)cc1)Nc1ccccc1. The summed E-state index contributed by atoms with van der Waals surface area (Å²) in [6, 6.07) is 14.1. The van der Waals surface area contributed by atoms with Crippen molar-refractivity contribution in [1.29, 1.82) is 0 Å². The molecule has 0 aromatic heterocycles. The van der Waals surface area contributed by atoms with Gasteiger partial charge in [-0.2, -0.15) is 4.39 Å². The Morgan fingerprint density at radius 1 is 1.05 bits per heavy atom. The predicted molar refractivity (Wildman–Crippen MR) is 76.5 cm³/mol. The lowest BCUT2D eigenvalue weighted by Crippen LogP contribution is -2.07. The van der Waals surface area contributed by atoms with Gasteiger partial charge in [0.15, 0.2) is 5.16 Å². The molecular formula is C15H11F2NOS. The lowest BCUT2D eigenvalue weighted by Gasteiger charge is -2.02. The van der Waals surface area contributed by atoms with Crippen LogP contribution in [0.4, 0.5) is 14.5 Å². The Hall–Kier alpha value is -2.14. The predicted octanol–water partition coefficient (Wildman–Crippen LogP) is 4.37. The molecule has 102 valence electrons. The number of para-hydroxylation sites is 1. The van der Waals surface area contributed by atoms with E-state index in [0.29, 0.717) is 10.6 Å². The topological polar surface area (TPSA) is 29.1 Å². The van der Waals surface area contributed by atoms with Gasteiger partial charge in [0.25, 0.3) is 5.91 Å². The first-order valence-corrected chi connectivity index (χ1v) is 6.62. The van der Waals surface area contributed by atoms with E-state index in [4.69, 9.17) is 0 Å². The molecular weight excluding hydrogens is 280 g/mol. The molecule has 2 aromatic rings. The largest absolute Gasteiger partial charge is 0.322 e. The van der Waals surface area contributed by atoms with E-state index >= 15 is 0 Å². The molecule has 20 heavy (non-hydrogen) atoms. The van der Waals surface area contributed by atoms with Crippen LogP contribution in [0.3, 0.4) is 0 Å². The molecule has 0 aliphatic carbocycles. The highest BCUT2D eigenvalue weighted by atomic mass is 32.2. The molecule has 2 aromatic carbocycles. The van der Waals surface area contributed by atoms with Gasteiger partial charge in [-0.05, 0) is 36.4 Å². The van der Waals surface area contributed by atoms with Crippen molar-refractivity contribution in [2.45, 2.75) is 4.90 Å². The van der Waals surface area contributed by atoms with Gasteiger partial charge in [-0.3, -0.25) is 4.79 Å². The van der Waals surface area contributed by atoms with E-state index in [1.807, 2.05) is 6.07 Å². The summed E-state index contributed by atoms with van der Waals surface area (Å²) in [7, 11) is 0. The Morgan fingerprint density at radius 3 is 2.35 bits per heavy atom. The quantitative estimate of drug-likeness (QED) is 0.669. The third kappa shape index (κ3) is 4.51. The summed E-state index contributed by atoms with van der Waals surface area (Å²) in [4.78, 5) is 12.1.